The summed E-state index contributed by atoms with van der Waals surface area (Å²) in [6, 6.07) is 10.3. The predicted octanol–water partition coefficient (Wildman–Crippen LogP) is 4.15. The zero-order chi connectivity index (χ0) is 17.7. The minimum absolute atomic E-state index is 0.129. The number of piperidine rings is 1. The van der Waals surface area contributed by atoms with Gasteiger partial charge in [0.1, 0.15) is 5.75 Å². The van der Waals surface area contributed by atoms with E-state index in [9.17, 15) is 0 Å². The van der Waals surface area contributed by atoms with Gasteiger partial charge in [-0.15, -0.1) is 0 Å². The van der Waals surface area contributed by atoms with Gasteiger partial charge in [0.05, 0.1) is 18.0 Å². The van der Waals surface area contributed by atoms with E-state index in [1.54, 1.807) is 6.26 Å². The summed E-state index contributed by atoms with van der Waals surface area (Å²) in [5.41, 5.74) is 5.45. The molecule has 1 aromatic carbocycles. The molecule has 4 heterocycles. The molecule has 1 aromatic heterocycles. The van der Waals surface area contributed by atoms with Crippen molar-refractivity contribution in [1.29, 1.82) is 0 Å². The molecule has 3 aliphatic rings. The molecule has 0 unspecified atom stereocenters. The minimum Gasteiger partial charge on any atom is -0.470 e. The molecule has 6 heteroatoms. The van der Waals surface area contributed by atoms with Crippen LogP contribution in [0, 0.1) is 0 Å². The second kappa shape index (κ2) is 6.15. The number of ether oxygens (including phenoxy) is 1. The molecule has 2 aromatic rings. The molecular weight excluding hydrogens is 394 g/mol. The molecule has 0 aliphatic carbocycles. The lowest BCUT2D eigenvalue weighted by atomic mass is 9.93. The van der Waals surface area contributed by atoms with Crippen LogP contribution in [0.2, 0.25) is 0 Å². The van der Waals surface area contributed by atoms with Crippen LogP contribution in [-0.2, 0) is 0 Å². The van der Waals surface area contributed by atoms with Crippen molar-refractivity contribution in [3.63, 3.8) is 0 Å². The summed E-state index contributed by atoms with van der Waals surface area (Å²) in [7, 11) is 0. The van der Waals surface area contributed by atoms with Crippen molar-refractivity contribution in [2.75, 3.05) is 19.6 Å². The Morgan fingerprint density at radius 3 is 2.85 bits per heavy atom. The Morgan fingerprint density at radius 2 is 2.12 bits per heavy atom. The first-order chi connectivity index (χ1) is 12.7. The van der Waals surface area contributed by atoms with E-state index in [-0.39, 0.29) is 11.8 Å². The molecule has 0 radical (unpaired) electrons. The third-order valence-electron chi connectivity index (χ3n) is 5.74. The van der Waals surface area contributed by atoms with Crippen LogP contribution >= 0.6 is 15.9 Å². The highest BCUT2D eigenvalue weighted by Gasteiger charge is 2.51. The first kappa shape index (κ1) is 16.4. The molecule has 3 aliphatic heterocycles. The van der Waals surface area contributed by atoms with E-state index in [1.807, 2.05) is 12.1 Å². The Labute approximate surface area is 161 Å². The van der Waals surface area contributed by atoms with Gasteiger partial charge in [0.25, 0.3) is 0 Å². The lowest BCUT2D eigenvalue weighted by Crippen LogP contribution is -2.63. The fraction of sp³-hybridized carbons (Fsp3) is 0.400. The molecule has 0 bridgehead atoms. The average Bonchev–Trinajstić information content (AvgIpc) is 3.33. The number of fused-ring (bicyclic) bond motifs is 4. The number of rotatable bonds is 2. The minimum atomic E-state index is -0.331. The fourth-order valence-corrected chi connectivity index (χ4v) is 4.66. The monoisotopic (exact) mass is 415 g/mol. The lowest BCUT2D eigenvalue weighted by molar-refractivity contribution is -0.159. The highest BCUT2D eigenvalue weighted by atomic mass is 79.9. The maximum atomic E-state index is 6.64. The normalized spacial score (nSPS) is 24.5. The number of benzene rings is 1. The Kier molecular flexibility index (Phi) is 3.88. The first-order valence-electron chi connectivity index (χ1n) is 9.21. The van der Waals surface area contributed by atoms with Gasteiger partial charge in [-0.3, -0.25) is 0 Å². The Hall–Kier alpha value is -1.76. The van der Waals surface area contributed by atoms with Gasteiger partial charge in [-0.25, -0.2) is 0 Å². The molecule has 5 rings (SSSR count). The SMILES string of the molecule is CCN1CCC2(CC1)Oc1ccc(Br)cc1[C@H]1C=C(c3ccco3)NN12. The molecule has 5 nitrogen and oxygen atoms in total. The Balaban J connectivity index is 1.56. The molecule has 1 atom stereocenters. The third kappa shape index (κ3) is 2.51. The van der Waals surface area contributed by atoms with Crippen LogP contribution < -0.4 is 10.2 Å². The van der Waals surface area contributed by atoms with Gasteiger partial charge in [0.15, 0.2) is 11.5 Å². The zero-order valence-corrected chi connectivity index (χ0v) is 16.3. The number of nitrogens with zero attached hydrogens (tertiary/aromatic N) is 2. The number of halogens is 1. The van der Waals surface area contributed by atoms with Crippen molar-refractivity contribution in [2.24, 2.45) is 0 Å². The Bertz CT molecular complexity index is 841. The summed E-state index contributed by atoms with van der Waals surface area (Å²) < 4.78 is 13.3. The van der Waals surface area contributed by atoms with Gasteiger partial charge < -0.3 is 19.5 Å². The first-order valence-corrected chi connectivity index (χ1v) is 10.0. The highest BCUT2D eigenvalue weighted by molar-refractivity contribution is 9.10. The van der Waals surface area contributed by atoms with Gasteiger partial charge in [-0.1, -0.05) is 22.9 Å². The highest BCUT2D eigenvalue weighted by Crippen LogP contribution is 2.49. The van der Waals surface area contributed by atoms with Crippen molar-refractivity contribution >= 4 is 21.6 Å². The maximum absolute atomic E-state index is 6.64. The van der Waals surface area contributed by atoms with Gasteiger partial charge in [-0.2, -0.15) is 5.01 Å². The quantitative estimate of drug-likeness (QED) is 0.797. The fourth-order valence-electron chi connectivity index (χ4n) is 4.28. The second-order valence-electron chi connectivity index (χ2n) is 7.15. The van der Waals surface area contributed by atoms with Crippen molar-refractivity contribution < 1.29 is 9.15 Å². The topological polar surface area (TPSA) is 40.9 Å². The van der Waals surface area contributed by atoms with E-state index < -0.39 is 0 Å². The van der Waals surface area contributed by atoms with Crippen LogP contribution in [0.15, 0.2) is 51.6 Å². The van der Waals surface area contributed by atoms with Gasteiger partial charge in [0.2, 0.25) is 0 Å². The number of hydrazine groups is 1. The van der Waals surface area contributed by atoms with Crippen LogP contribution in [0.5, 0.6) is 5.75 Å². The van der Waals surface area contributed by atoms with E-state index in [0.29, 0.717) is 0 Å². The summed E-state index contributed by atoms with van der Waals surface area (Å²) in [5, 5.41) is 2.30. The molecule has 1 fully saturated rings. The van der Waals surface area contributed by atoms with Crippen LogP contribution in [-0.4, -0.2) is 35.3 Å². The number of furan rings is 1. The van der Waals surface area contributed by atoms with E-state index in [1.165, 1.54) is 5.56 Å². The molecule has 0 amide bonds. The van der Waals surface area contributed by atoms with Gasteiger partial charge in [-0.05, 0) is 43.0 Å². The molecule has 1 saturated heterocycles. The molecule has 136 valence electrons. The summed E-state index contributed by atoms with van der Waals surface area (Å²) in [6.45, 7) is 5.40. The van der Waals surface area contributed by atoms with Crippen molar-refractivity contribution in [3.8, 4) is 5.75 Å². The largest absolute Gasteiger partial charge is 0.470 e. The van der Waals surface area contributed by atoms with Crippen molar-refractivity contribution in [3.05, 3.63) is 58.5 Å². The van der Waals surface area contributed by atoms with Crippen LogP contribution in [0.3, 0.4) is 0 Å². The zero-order valence-electron chi connectivity index (χ0n) is 14.7. The summed E-state index contributed by atoms with van der Waals surface area (Å²) in [5.74, 6) is 1.84. The second-order valence-corrected chi connectivity index (χ2v) is 8.06. The van der Waals surface area contributed by atoms with Gasteiger partial charge >= 0.3 is 0 Å². The number of hydrogen-bond donors (Lipinski definition) is 1. The summed E-state index contributed by atoms with van der Waals surface area (Å²) in [6.07, 6.45) is 5.91. The number of nitrogens with one attached hydrogen (secondary N) is 1. The maximum Gasteiger partial charge on any atom is 0.182 e. The van der Waals surface area contributed by atoms with E-state index >= 15 is 0 Å². The molecule has 1 N–H and O–H groups in total. The number of likely N-dealkylation sites (tertiary alicyclic amines) is 1. The van der Waals surface area contributed by atoms with E-state index in [2.05, 4.69) is 62.5 Å². The van der Waals surface area contributed by atoms with Gasteiger partial charge in [0, 0.05) is 36.0 Å². The van der Waals surface area contributed by atoms with E-state index in [0.717, 1.165) is 54.2 Å². The number of hydrogen-bond acceptors (Lipinski definition) is 5. The molecule has 1 spiro atoms. The third-order valence-corrected chi connectivity index (χ3v) is 6.24. The predicted molar refractivity (Wildman–Crippen MR) is 103 cm³/mol. The smallest absolute Gasteiger partial charge is 0.182 e. The Morgan fingerprint density at radius 1 is 1.27 bits per heavy atom. The van der Waals surface area contributed by atoms with Crippen molar-refractivity contribution in [2.45, 2.75) is 31.5 Å². The van der Waals surface area contributed by atoms with Crippen LogP contribution in [0.1, 0.15) is 37.1 Å². The van der Waals surface area contributed by atoms with Crippen LogP contribution in [0.25, 0.3) is 5.70 Å². The summed E-state index contributed by atoms with van der Waals surface area (Å²) in [4.78, 5) is 2.48. The standard InChI is InChI=1S/C20H22BrN3O2/c1-2-23-9-7-20(8-10-23)24-17(13-16(22-24)19-4-3-11-25-19)15-12-14(21)5-6-18(15)26-20/h3-6,11-13,17,22H,2,7-10H2,1H3/t17-/m1/s1. The molecular formula is C20H22BrN3O2. The lowest BCUT2D eigenvalue weighted by Gasteiger charge is -2.51. The average molecular weight is 416 g/mol. The van der Waals surface area contributed by atoms with E-state index in [4.69, 9.17) is 9.15 Å². The van der Waals surface area contributed by atoms with Crippen LogP contribution in [0.4, 0.5) is 0 Å². The molecule has 0 saturated carbocycles. The van der Waals surface area contributed by atoms with Crippen molar-refractivity contribution in [1.82, 2.24) is 15.3 Å². The summed E-state index contributed by atoms with van der Waals surface area (Å²) >= 11 is 3.61. The molecule has 26 heavy (non-hydrogen) atoms.